The lowest BCUT2D eigenvalue weighted by Crippen LogP contribution is -2.44. The van der Waals surface area contributed by atoms with E-state index in [1.54, 1.807) is 7.11 Å². The van der Waals surface area contributed by atoms with Gasteiger partial charge in [-0.2, -0.15) is 0 Å². The van der Waals surface area contributed by atoms with Gasteiger partial charge in [0.1, 0.15) is 5.75 Å². The van der Waals surface area contributed by atoms with Crippen molar-refractivity contribution < 1.29 is 14.0 Å². The SMILES string of the molecule is C=C(C)CC[C@](C)(B1OC(C)(C)C(C)(C)O1)c1ccc(C)cc1OC. The fourth-order valence-corrected chi connectivity index (χ4v) is 3.23. The average molecular weight is 344 g/mol. The van der Waals surface area contributed by atoms with E-state index in [1.807, 2.05) is 0 Å². The van der Waals surface area contributed by atoms with Crippen LogP contribution < -0.4 is 4.74 Å². The van der Waals surface area contributed by atoms with Crippen molar-refractivity contribution in [2.24, 2.45) is 0 Å². The van der Waals surface area contributed by atoms with Gasteiger partial charge in [-0.25, -0.2) is 0 Å². The van der Waals surface area contributed by atoms with Gasteiger partial charge in [-0.1, -0.05) is 24.6 Å². The van der Waals surface area contributed by atoms with Gasteiger partial charge in [-0.05, 0) is 71.6 Å². The largest absolute Gasteiger partial charge is 0.496 e. The smallest absolute Gasteiger partial charge is 0.469 e. The van der Waals surface area contributed by atoms with Crippen molar-refractivity contribution in [2.75, 3.05) is 7.11 Å². The Labute approximate surface area is 153 Å². The van der Waals surface area contributed by atoms with Gasteiger partial charge in [0.25, 0.3) is 0 Å². The standard InChI is InChI=1S/C21H33BO3/c1-15(2)12-13-21(8,17-11-10-16(3)14-18(17)23-9)22-24-19(4,5)20(6,7)25-22/h10-11,14H,1,12-13H2,2-9H3/t21-/m0/s1. The maximum atomic E-state index is 6.44. The van der Waals surface area contributed by atoms with Crippen molar-refractivity contribution in [1.29, 1.82) is 0 Å². The Morgan fingerprint density at radius 2 is 1.76 bits per heavy atom. The molecule has 3 nitrogen and oxygen atoms in total. The summed E-state index contributed by atoms with van der Waals surface area (Å²) in [4.78, 5) is 0. The number of ether oxygens (including phenoxy) is 1. The van der Waals surface area contributed by atoms with Crippen LogP contribution in [0.1, 0.15) is 65.5 Å². The van der Waals surface area contributed by atoms with Crippen LogP contribution in [0.15, 0.2) is 30.4 Å². The number of hydrogen-bond acceptors (Lipinski definition) is 3. The Morgan fingerprint density at radius 3 is 2.24 bits per heavy atom. The van der Waals surface area contributed by atoms with Crippen molar-refractivity contribution in [1.82, 2.24) is 0 Å². The lowest BCUT2D eigenvalue weighted by Gasteiger charge is -2.33. The summed E-state index contributed by atoms with van der Waals surface area (Å²) in [5.74, 6) is 0.888. The van der Waals surface area contributed by atoms with E-state index in [9.17, 15) is 0 Å². The minimum Gasteiger partial charge on any atom is -0.496 e. The van der Waals surface area contributed by atoms with Gasteiger partial charge < -0.3 is 14.0 Å². The summed E-state index contributed by atoms with van der Waals surface area (Å²) < 4.78 is 18.6. The molecule has 0 saturated carbocycles. The van der Waals surface area contributed by atoms with Gasteiger partial charge in [0.15, 0.2) is 0 Å². The number of methoxy groups -OCH3 is 1. The molecule has 1 atom stereocenters. The fourth-order valence-electron chi connectivity index (χ4n) is 3.23. The maximum Gasteiger partial charge on any atom is 0.469 e. The molecule has 2 rings (SSSR count). The highest BCUT2D eigenvalue weighted by Gasteiger charge is 2.58. The highest BCUT2D eigenvalue weighted by molar-refractivity contribution is 6.49. The van der Waals surface area contributed by atoms with E-state index in [0.29, 0.717) is 0 Å². The first kappa shape index (κ1) is 20.1. The van der Waals surface area contributed by atoms with E-state index in [0.717, 1.165) is 29.7 Å². The summed E-state index contributed by atoms with van der Waals surface area (Å²) in [6.45, 7) is 18.8. The highest BCUT2D eigenvalue weighted by atomic mass is 16.7. The monoisotopic (exact) mass is 344 g/mol. The van der Waals surface area contributed by atoms with E-state index >= 15 is 0 Å². The normalized spacial score (nSPS) is 21.0. The lowest BCUT2D eigenvalue weighted by molar-refractivity contribution is 0.00578. The number of hydrogen-bond donors (Lipinski definition) is 0. The van der Waals surface area contributed by atoms with Crippen LogP contribution >= 0.6 is 0 Å². The number of aryl methyl sites for hydroxylation is 1. The van der Waals surface area contributed by atoms with Crippen LogP contribution in [-0.2, 0) is 14.6 Å². The highest BCUT2D eigenvalue weighted by Crippen LogP contribution is 2.47. The first-order chi connectivity index (χ1) is 11.4. The summed E-state index contributed by atoms with van der Waals surface area (Å²) in [6, 6.07) is 6.36. The first-order valence-electron chi connectivity index (χ1n) is 9.08. The van der Waals surface area contributed by atoms with E-state index in [-0.39, 0.29) is 23.6 Å². The van der Waals surface area contributed by atoms with Crippen molar-refractivity contribution in [3.05, 3.63) is 41.5 Å². The van der Waals surface area contributed by atoms with E-state index in [2.05, 4.69) is 73.2 Å². The fraction of sp³-hybridized carbons (Fsp3) is 0.619. The predicted octanol–water partition coefficient (Wildman–Crippen LogP) is 5.25. The van der Waals surface area contributed by atoms with E-state index in [4.69, 9.17) is 14.0 Å². The van der Waals surface area contributed by atoms with Crippen LogP contribution in [0, 0.1) is 6.92 Å². The van der Waals surface area contributed by atoms with Crippen LogP contribution in [0.2, 0.25) is 0 Å². The van der Waals surface area contributed by atoms with Crippen LogP contribution in [-0.4, -0.2) is 25.4 Å². The molecule has 0 bridgehead atoms. The Hall–Kier alpha value is -1.26. The molecular weight excluding hydrogens is 311 g/mol. The van der Waals surface area contributed by atoms with Crippen LogP contribution in [0.5, 0.6) is 5.75 Å². The molecule has 0 spiro atoms. The molecule has 1 saturated heterocycles. The van der Waals surface area contributed by atoms with E-state index in [1.165, 1.54) is 5.56 Å². The summed E-state index contributed by atoms with van der Waals surface area (Å²) in [7, 11) is 1.38. The summed E-state index contributed by atoms with van der Waals surface area (Å²) in [5, 5.41) is -0.330. The van der Waals surface area contributed by atoms with Gasteiger partial charge >= 0.3 is 7.12 Å². The quantitative estimate of drug-likeness (QED) is 0.521. The van der Waals surface area contributed by atoms with Crippen molar-refractivity contribution in [3.8, 4) is 5.75 Å². The predicted molar refractivity (Wildman–Crippen MR) is 105 cm³/mol. The third-order valence-corrected chi connectivity index (χ3v) is 5.82. The molecule has 0 aromatic heterocycles. The molecular formula is C21H33BO3. The van der Waals surface area contributed by atoms with Crippen LogP contribution in [0.3, 0.4) is 0 Å². The molecule has 0 unspecified atom stereocenters. The van der Waals surface area contributed by atoms with Gasteiger partial charge in [0.05, 0.1) is 18.3 Å². The van der Waals surface area contributed by atoms with Crippen LogP contribution in [0.25, 0.3) is 0 Å². The maximum absolute atomic E-state index is 6.44. The second-order valence-corrected chi connectivity index (χ2v) is 8.67. The number of benzene rings is 1. The average Bonchev–Trinajstić information content (AvgIpc) is 2.73. The summed E-state index contributed by atoms with van der Waals surface area (Å²) >= 11 is 0. The Morgan fingerprint density at radius 1 is 1.20 bits per heavy atom. The van der Waals surface area contributed by atoms with Gasteiger partial charge in [-0.15, -0.1) is 6.58 Å². The van der Waals surface area contributed by atoms with Crippen molar-refractivity contribution in [2.45, 2.75) is 77.8 Å². The van der Waals surface area contributed by atoms with Gasteiger partial charge in [-0.3, -0.25) is 0 Å². The third-order valence-electron chi connectivity index (χ3n) is 5.82. The molecule has 138 valence electrons. The molecule has 1 aliphatic heterocycles. The molecule has 0 radical (unpaired) electrons. The minimum atomic E-state index is -0.361. The number of allylic oxidation sites excluding steroid dienone is 1. The number of rotatable bonds is 6. The molecule has 1 aromatic rings. The second kappa shape index (κ2) is 6.81. The summed E-state index contributed by atoms with van der Waals surface area (Å²) in [5.41, 5.74) is 2.74. The van der Waals surface area contributed by atoms with Gasteiger partial charge in [0.2, 0.25) is 0 Å². The van der Waals surface area contributed by atoms with E-state index < -0.39 is 0 Å². The zero-order valence-corrected chi connectivity index (χ0v) is 17.2. The molecule has 1 aliphatic rings. The zero-order valence-electron chi connectivity index (χ0n) is 17.2. The second-order valence-electron chi connectivity index (χ2n) is 8.67. The molecule has 4 heteroatoms. The lowest BCUT2D eigenvalue weighted by atomic mass is 9.52. The van der Waals surface area contributed by atoms with Crippen molar-refractivity contribution in [3.63, 3.8) is 0 Å². The Bertz CT molecular complexity index is 635. The molecule has 25 heavy (non-hydrogen) atoms. The third kappa shape index (κ3) is 3.80. The van der Waals surface area contributed by atoms with Crippen molar-refractivity contribution >= 4 is 7.12 Å². The first-order valence-corrected chi connectivity index (χ1v) is 9.08. The topological polar surface area (TPSA) is 27.7 Å². The zero-order chi connectivity index (χ0) is 19.0. The molecule has 1 heterocycles. The minimum absolute atomic E-state index is 0.330. The Balaban J connectivity index is 2.51. The Kier molecular flexibility index (Phi) is 5.46. The molecule has 1 aromatic carbocycles. The molecule has 0 N–H and O–H groups in total. The molecule has 0 amide bonds. The van der Waals surface area contributed by atoms with Gasteiger partial charge in [0, 0.05) is 5.31 Å². The molecule has 1 fully saturated rings. The molecule has 0 aliphatic carbocycles. The summed E-state index contributed by atoms with van der Waals surface area (Å²) in [6.07, 6.45) is 1.80. The van der Waals surface area contributed by atoms with Crippen LogP contribution in [0.4, 0.5) is 0 Å².